The van der Waals surface area contributed by atoms with Crippen LogP contribution < -0.4 is 0 Å². The minimum Gasteiger partial charge on any atom is -0.328 e. The third kappa shape index (κ3) is 1.27. The van der Waals surface area contributed by atoms with Crippen LogP contribution in [-0.4, -0.2) is 4.57 Å². The predicted octanol–water partition coefficient (Wildman–Crippen LogP) is 2.68. The van der Waals surface area contributed by atoms with Gasteiger partial charge in [-0.25, -0.2) is 0 Å². The zero-order valence-electron chi connectivity index (χ0n) is 6.40. The Hall–Kier alpha value is -1.24. The van der Waals surface area contributed by atoms with Gasteiger partial charge in [0.05, 0.1) is 0 Å². The first-order chi connectivity index (χ1) is 5.47. The molecule has 1 aromatic rings. The van der Waals surface area contributed by atoms with Crippen molar-refractivity contribution in [3.8, 4) is 0 Å². The molecule has 1 aliphatic rings. The van der Waals surface area contributed by atoms with Crippen molar-refractivity contribution in [1.82, 2.24) is 4.57 Å². The smallest absolute Gasteiger partial charge is 0.0223 e. The number of hydrogen-bond donors (Lipinski definition) is 0. The fourth-order valence-corrected chi connectivity index (χ4v) is 1.33. The lowest BCUT2D eigenvalue weighted by Crippen LogP contribution is -1.94. The van der Waals surface area contributed by atoms with Crippen LogP contribution in [0.5, 0.6) is 0 Å². The highest BCUT2D eigenvalue weighted by molar-refractivity contribution is 5.50. The summed E-state index contributed by atoms with van der Waals surface area (Å²) in [6.07, 6.45) is 13.0. The normalized spacial score (nSPS) is 16.5. The van der Waals surface area contributed by atoms with E-state index in [0.717, 1.165) is 6.42 Å². The summed E-state index contributed by atoms with van der Waals surface area (Å²) >= 11 is 0. The number of rotatable bonds is 1. The van der Waals surface area contributed by atoms with E-state index >= 15 is 0 Å². The van der Waals surface area contributed by atoms with Crippen molar-refractivity contribution in [3.63, 3.8) is 0 Å². The van der Waals surface area contributed by atoms with Crippen LogP contribution in [0.15, 0.2) is 42.8 Å². The van der Waals surface area contributed by atoms with Crippen molar-refractivity contribution >= 4 is 5.70 Å². The lowest BCUT2D eigenvalue weighted by atomic mass is 10.1. The van der Waals surface area contributed by atoms with E-state index in [1.807, 2.05) is 0 Å². The summed E-state index contributed by atoms with van der Waals surface area (Å²) in [5.74, 6) is 0. The quantitative estimate of drug-likeness (QED) is 0.572. The molecule has 1 heterocycles. The zero-order chi connectivity index (χ0) is 7.52. The standard InChI is InChI=1S/C10H11N/c1-2-6-10(7-3-1)11-8-4-5-9-11/h1-2,4-6,8-9H,3,7H2. The molecule has 0 spiro atoms. The molecule has 1 nitrogen and oxygen atoms in total. The zero-order valence-corrected chi connectivity index (χ0v) is 6.40. The third-order valence-electron chi connectivity index (χ3n) is 1.93. The molecule has 0 fully saturated rings. The molecule has 0 N–H and O–H groups in total. The Morgan fingerprint density at radius 3 is 2.64 bits per heavy atom. The van der Waals surface area contributed by atoms with Crippen molar-refractivity contribution < 1.29 is 0 Å². The highest BCUT2D eigenvalue weighted by Crippen LogP contribution is 2.16. The van der Waals surface area contributed by atoms with Crippen LogP contribution in [-0.2, 0) is 0 Å². The Kier molecular flexibility index (Phi) is 1.64. The van der Waals surface area contributed by atoms with Crippen molar-refractivity contribution in [3.05, 3.63) is 42.8 Å². The van der Waals surface area contributed by atoms with Gasteiger partial charge < -0.3 is 4.57 Å². The summed E-state index contributed by atoms with van der Waals surface area (Å²) in [5.41, 5.74) is 1.39. The van der Waals surface area contributed by atoms with Crippen LogP contribution in [0.25, 0.3) is 5.70 Å². The van der Waals surface area contributed by atoms with E-state index in [1.165, 1.54) is 12.1 Å². The highest BCUT2D eigenvalue weighted by Gasteiger charge is 1.99. The van der Waals surface area contributed by atoms with E-state index in [2.05, 4.69) is 47.3 Å². The Morgan fingerprint density at radius 1 is 1.18 bits per heavy atom. The monoisotopic (exact) mass is 145 g/mol. The van der Waals surface area contributed by atoms with Crippen molar-refractivity contribution in [2.75, 3.05) is 0 Å². The van der Waals surface area contributed by atoms with E-state index in [1.54, 1.807) is 0 Å². The Balaban J connectivity index is 2.29. The molecule has 0 amide bonds. The van der Waals surface area contributed by atoms with Gasteiger partial charge in [0.2, 0.25) is 0 Å². The minimum absolute atomic E-state index is 1.16. The Labute approximate surface area is 66.7 Å². The van der Waals surface area contributed by atoms with Gasteiger partial charge in [-0.3, -0.25) is 0 Å². The summed E-state index contributed by atoms with van der Waals surface area (Å²) in [4.78, 5) is 0. The topological polar surface area (TPSA) is 4.93 Å². The molecule has 0 unspecified atom stereocenters. The van der Waals surface area contributed by atoms with Crippen LogP contribution in [0.3, 0.4) is 0 Å². The van der Waals surface area contributed by atoms with Gasteiger partial charge in [0.25, 0.3) is 0 Å². The van der Waals surface area contributed by atoms with E-state index in [-0.39, 0.29) is 0 Å². The molecule has 11 heavy (non-hydrogen) atoms. The first-order valence-corrected chi connectivity index (χ1v) is 3.96. The van der Waals surface area contributed by atoms with Gasteiger partial charge >= 0.3 is 0 Å². The van der Waals surface area contributed by atoms with E-state index in [9.17, 15) is 0 Å². The van der Waals surface area contributed by atoms with Crippen LogP contribution >= 0.6 is 0 Å². The summed E-state index contributed by atoms with van der Waals surface area (Å²) in [6, 6.07) is 4.11. The molecule has 0 radical (unpaired) electrons. The minimum atomic E-state index is 1.16. The summed E-state index contributed by atoms with van der Waals surface area (Å²) in [6.45, 7) is 0. The van der Waals surface area contributed by atoms with Crippen molar-refractivity contribution in [2.24, 2.45) is 0 Å². The maximum Gasteiger partial charge on any atom is 0.0223 e. The summed E-state index contributed by atoms with van der Waals surface area (Å²) < 4.78 is 2.17. The molecule has 0 aromatic carbocycles. The molecule has 0 saturated heterocycles. The molecule has 1 aromatic heterocycles. The van der Waals surface area contributed by atoms with Gasteiger partial charge in [0, 0.05) is 18.1 Å². The first-order valence-electron chi connectivity index (χ1n) is 3.96. The van der Waals surface area contributed by atoms with Crippen LogP contribution in [0.4, 0.5) is 0 Å². The fraction of sp³-hybridized carbons (Fsp3) is 0.200. The average molecular weight is 145 g/mol. The third-order valence-corrected chi connectivity index (χ3v) is 1.93. The lowest BCUT2D eigenvalue weighted by molar-refractivity contribution is 0.946. The predicted molar refractivity (Wildman–Crippen MR) is 47.1 cm³/mol. The number of nitrogens with zero attached hydrogens (tertiary/aromatic N) is 1. The van der Waals surface area contributed by atoms with E-state index in [0.29, 0.717) is 0 Å². The molecular formula is C10H11N. The van der Waals surface area contributed by atoms with Gasteiger partial charge in [-0.05, 0) is 31.1 Å². The van der Waals surface area contributed by atoms with Crippen LogP contribution in [0.2, 0.25) is 0 Å². The van der Waals surface area contributed by atoms with Gasteiger partial charge in [-0.15, -0.1) is 0 Å². The second-order valence-corrected chi connectivity index (χ2v) is 2.72. The number of allylic oxidation sites excluding steroid dienone is 4. The van der Waals surface area contributed by atoms with E-state index < -0.39 is 0 Å². The molecule has 0 bridgehead atoms. The van der Waals surface area contributed by atoms with Crippen molar-refractivity contribution in [1.29, 1.82) is 0 Å². The van der Waals surface area contributed by atoms with Crippen molar-refractivity contribution in [2.45, 2.75) is 12.8 Å². The molecule has 1 aliphatic carbocycles. The molecule has 1 heteroatoms. The Morgan fingerprint density at radius 2 is 2.00 bits per heavy atom. The van der Waals surface area contributed by atoms with E-state index in [4.69, 9.17) is 0 Å². The second-order valence-electron chi connectivity index (χ2n) is 2.72. The van der Waals surface area contributed by atoms with Gasteiger partial charge in [0.1, 0.15) is 0 Å². The molecule has 0 saturated carbocycles. The maximum atomic E-state index is 2.20. The Bertz CT molecular complexity index is 278. The average Bonchev–Trinajstić information content (AvgIpc) is 2.58. The largest absolute Gasteiger partial charge is 0.328 e. The van der Waals surface area contributed by atoms with Gasteiger partial charge in [0.15, 0.2) is 0 Å². The van der Waals surface area contributed by atoms with Crippen LogP contribution in [0.1, 0.15) is 12.8 Å². The van der Waals surface area contributed by atoms with Gasteiger partial charge in [-0.1, -0.05) is 12.2 Å². The maximum absolute atomic E-state index is 2.20. The summed E-state index contributed by atoms with van der Waals surface area (Å²) in [7, 11) is 0. The lowest BCUT2D eigenvalue weighted by Gasteiger charge is -2.09. The SMILES string of the molecule is C1=CCCC(n2cccc2)=C1. The number of aromatic nitrogens is 1. The molecule has 0 aliphatic heterocycles. The van der Waals surface area contributed by atoms with Crippen LogP contribution in [0, 0.1) is 0 Å². The molecule has 2 rings (SSSR count). The molecule has 56 valence electrons. The highest BCUT2D eigenvalue weighted by atomic mass is 14.9. The van der Waals surface area contributed by atoms with Gasteiger partial charge in [-0.2, -0.15) is 0 Å². The summed E-state index contributed by atoms with van der Waals surface area (Å²) in [5, 5.41) is 0. The molecule has 0 atom stereocenters. The fourth-order valence-electron chi connectivity index (χ4n) is 1.33. The first kappa shape index (κ1) is 6.47. The second kappa shape index (κ2) is 2.79. The molecular weight excluding hydrogens is 134 g/mol. The number of hydrogen-bond acceptors (Lipinski definition) is 0.